The molecule has 0 bridgehead atoms. The molecule has 0 fully saturated rings. The average Bonchev–Trinajstić information content (AvgIpc) is 3.12. The van der Waals surface area contributed by atoms with E-state index in [1.54, 1.807) is 19.4 Å². The predicted molar refractivity (Wildman–Crippen MR) is 132 cm³/mol. The highest BCUT2D eigenvalue weighted by atomic mass is 16.5. The number of aliphatic imine (C=N–C) groups is 1. The van der Waals surface area contributed by atoms with Gasteiger partial charge in [-0.15, -0.1) is 0 Å². The Morgan fingerprint density at radius 2 is 1.91 bits per heavy atom. The number of methoxy groups -OCH3 is 1. The van der Waals surface area contributed by atoms with Gasteiger partial charge in [0.15, 0.2) is 11.5 Å². The fourth-order valence-corrected chi connectivity index (χ4v) is 4.92. The third-order valence-electron chi connectivity index (χ3n) is 6.32. The van der Waals surface area contributed by atoms with Crippen LogP contribution in [0.5, 0.6) is 11.5 Å². The quantitative estimate of drug-likeness (QED) is 0.618. The second-order valence-electron chi connectivity index (χ2n) is 10.2. The lowest BCUT2D eigenvalue weighted by Gasteiger charge is -2.31. The van der Waals surface area contributed by atoms with Crippen LogP contribution in [0.4, 0.5) is 0 Å². The molecule has 0 atom stereocenters. The summed E-state index contributed by atoms with van der Waals surface area (Å²) in [7, 11) is 1.65. The fraction of sp³-hybridized carbons (Fsp3) is 0.333. The van der Waals surface area contributed by atoms with E-state index in [-0.39, 0.29) is 28.1 Å². The molecule has 0 spiro atoms. The van der Waals surface area contributed by atoms with Crippen molar-refractivity contribution in [2.75, 3.05) is 7.11 Å². The summed E-state index contributed by atoms with van der Waals surface area (Å²) in [6.07, 6.45) is 4.49. The Labute approximate surface area is 202 Å². The zero-order valence-electron chi connectivity index (χ0n) is 20.4. The van der Waals surface area contributed by atoms with Crippen LogP contribution in [0, 0.1) is 0 Å². The second kappa shape index (κ2) is 7.80. The van der Waals surface area contributed by atoms with Gasteiger partial charge in [-0.2, -0.15) is 0 Å². The zero-order valence-corrected chi connectivity index (χ0v) is 20.4. The maximum Gasteiger partial charge on any atom is 0.335 e. The molecule has 8 heteroatoms. The Bertz CT molecular complexity index is 1470. The first-order valence-corrected chi connectivity index (χ1v) is 11.4. The number of carboxylic acid groups (broad SMARTS) is 1. The summed E-state index contributed by atoms with van der Waals surface area (Å²) < 4.78 is 13.3. The maximum absolute atomic E-state index is 12.8. The molecule has 0 saturated carbocycles. The van der Waals surface area contributed by atoms with Crippen LogP contribution in [-0.2, 0) is 12.8 Å². The lowest BCUT2D eigenvalue weighted by Crippen LogP contribution is -2.31. The van der Waals surface area contributed by atoms with Crippen LogP contribution < -0.4 is 15.0 Å². The summed E-state index contributed by atoms with van der Waals surface area (Å²) in [5.74, 6) is 0.586. The van der Waals surface area contributed by atoms with Gasteiger partial charge in [0, 0.05) is 41.6 Å². The number of pyridine rings is 2. The van der Waals surface area contributed by atoms with Crippen molar-refractivity contribution in [1.29, 1.82) is 0 Å². The van der Waals surface area contributed by atoms with Gasteiger partial charge in [-0.3, -0.25) is 14.4 Å². The number of nitrogens with zero attached hydrogens (tertiary/aromatic N) is 3. The molecule has 1 aromatic carbocycles. The second-order valence-corrected chi connectivity index (χ2v) is 10.2. The third-order valence-corrected chi connectivity index (χ3v) is 6.32. The highest BCUT2D eigenvalue weighted by Gasteiger charge is 2.39. The molecule has 0 saturated heterocycles. The van der Waals surface area contributed by atoms with Crippen molar-refractivity contribution < 1.29 is 19.4 Å². The van der Waals surface area contributed by atoms with Crippen molar-refractivity contribution in [2.45, 2.75) is 51.7 Å². The van der Waals surface area contributed by atoms with Crippen LogP contribution in [-0.4, -0.2) is 44.6 Å². The molecule has 0 amide bonds. The molecular formula is C27H27N3O5. The van der Waals surface area contributed by atoms with Gasteiger partial charge in [-0.25, -0.2) is 9.78 Å². The lowest BCUT2D eigenvalue weighted by molar-refractivity contribution is 0.0696. The van der Waals surface area contributed by atoms with Crippen LogP contribution in [0.25, 0.3) is 5.82 Å². The summed E-state index contributed by atoms with van der Waals surface area (Å²) in [5, 5.41) is 9.37. The number of aromatic nitrogens is 2. The molecule has 2 aromatic heterocycles. The molecule has 1 N–H and O–H groups in total. The number of hydrogen-bond acceptors (Lipinski definition) is 6. The summed E-state index contributed by atoms with van der Waals surface area (Å²) in [6.45, 7) is 8.24. The number of fused-ring (bicyclic) bond motifs is 3. The van der Waals surface area contributed by atoms with E-state index >= 15 is 0 Å². The molecule has 5 rings (SSSR count). The SMILES string of the molecule is COc1cc2c(c3c1OC(C)(C)C3)C(c1ccc(=O)n(-c3cc(C(=O)O)ccn3)c1)=NC(C)(C)C2. The molecular weight excluding hydrogens is 446 g/mol. The minimum atomic E-state index is -1.09. The van der Waals surface area contributed by atoms with Crippen molar-refractivity contribution in [2.24, 2.45) is 4.99 Å². The predicted octanol–water partition coefficient (Wildman–Crippen LogP) is 3.82. The molecule has 2 aliphatic heterocycles. The van der Waals surface area contributed by atoms with Gasteiger partial charge >= 0.3 is 5.97 Å². The highest BCUT2D eigenvalue weighted by molar-refractivity contribution is 6.16. The number of rotatable bonds is 4. The van der Waals surface area contributed by atoms with Gasteiger partial charge in [0.1, 0.15) is 11.4 Å². The summed E-state index contributed by atoms with van der Waals surface area (Å²) in [5.41, 5.74) is 3.63. The van der Waals surface area contributed by atoms with Crippen molar-refractivity contribution in [3.63, 3.8) is 0 Å². The zero-order chi connectivity index (χ0) is 25.1. The maximum atomic E-state index is 12.8. The summed E-state index contributed by atoms with van der Waals surface area (Å²) in [4.78, 5) is 33.6. The smallest absolute Gasteiger partial charge is 0.335 e. The molecule has 3 aromatic rings. The van der Waals surface area contributed by atoms with E-state index in [4.69, 9.17) is 14.5 Å². The number of benzene rings is 1. The van der Waals surface area contributed by atoms with Crippen molar-refractivity contribution >= 4 is 11.7 Å². The highest BCUT2D eigenvalue weighted by Crippen LogP contribution is 2.47. The van der Waals surface area contributed by atoms with Gasteiger partial charge in [0.05, 0.1) is 23.9 Å². The number of ether oxygens (including phenoxy) is 2. The molecule has 2 aliphatic rings. The topological polar surface area (TPSA) is 103 Å². The minimum Gasteiger partial charge on any atom is -0.493 e. The molecule has 0 unspecified atom stereocenters. The Morgan fingerprint density at radius 3 is 2.63 bits per heavy atom. The standard InChI is InChI=1S/C27H27N3O5/c1-26(2)12-17-10-19(34-5)24-18(13-27(3,4)35-24)22(17)23(29-26)16-6-7-21(31)30(14-16)20-11-15(25(32)33)8-9-28-20/h6-11,14H,12-13H2,1-5H3,(H,32,33). The Balaban J connectivity index is 1.72. The summed E-state index contributed by atoms with van der Waals surface area (Å²) >= 11 is 0. The monoisotopic (exact) mass is 473 g/mol. The molecule has 8 nitrogen and oxygen atoms in total. The van der Waals surface area contributed by atoms with Crippen LogP contribution >= 0.6 is 0 Å². The van der Waals surface area contributed by atoms with Gasteiger partial charge in [0.2, 0.25) is 0 Å². The molecule has 0 radical (unpaired) electrons. The van der Waals surface area contributed by atoms with Crippen molar-refractivity contribution in [3.05, 3.63) is 80.9 Å². The largest absolute Gasteiger partial charge is 0.493 e. The number of aromatic carboxylic acids is 1. The molecule has 180 valence electrons. The van der Waals surface area contributed by atoms with Gasteiger partial charge < -0.3 is 14.6 Å². The van der Waals surface area contributed by atoms with E-state index in [0.717, 1.165) is 40.1 Å². The number of carbonyl (C=O) groups is 1. The first-order chi connectivity index (χ1) is 16.5. The third kappa shape index (κ3) is 3.99. The first-order valence-electron chi connectivity index (χ1n) is 11.4. The van der Waals surface area contributed by atoms with Gasteiger partial charge in [-0.05, 0) is 63.9 Å². The number of carboxylic acids is 1. The van der Waals surface area contributed by atoms with Crippen LogP contribution in [0.15, 0.2) is 52.5 Å². The number of hydrogen-bond donors (Lipinski definition) is 1. The van der Waals surface area contributed by atoms with E-state index < -0.39 is 5.97 Å². The summed E-state index contributed by atoms with van der Waals surface area (Å²) in [6, 6.07) is 8.01. The average molecular weight is 474 g/mol. The van der Waals surface area contributed by atoms with E-state index in [0.29, 0.717) is 12.2 Å². The van der Waals surface area contributed by atoms with Crippen LogP contribution in [0.1, 0.15) is 60.3 Å². The van der Waals surface area contributed by atoms with Gasteiger partial charge in [0.25, 0.3) is 5.56 Å². The Morgan fingerprint density at radius 1 is 1.14 bits per heavy atom. The van der Waals surface area contributed by atoms with Crippen LogP contribution in [0.3, 0.4) is 0 Å². The van der Waals surface area contributed by atoms with E-state index in [9.17, 15) is 14.7 Å². The van der Waals surface area contributed by atoms with Crippen molar-refractivity contribution in [1.82, 2.24) is 9.55 Å². The molecule has 4 heterocycles. The van der Waals surface area contributed by atoms with E-state index in [1.165, 1.54) is 29.0 Å². The molecule has 0 aliphatic carbocycles. The minimum absolute atomic E-state index is 0.0538. The molecule has 35 heavy (non-hydrogen) atoms. The van der Waals surface area contributed by atoms with E-state index in [1.807, 2.05) is 19.9 Å². The van der Waals surface area contributed by atoms with Crippen molar-refractivity contribution in [3.8, 4) is 17.3 Å². The lowest BCUT2D eigenvalue weighted by atomic mass is 9.81. The fourth-order valence-electron chi connectivity index (χ4n) is 4.92. The van der Waals surface area contributed by atoms with Crippen LogP contribution in [0.2, 0.25) is 0 Å². The van der Waals surface area contributed by atoms with E-state index in [2.05, 4.69) is 18.8 Å². The Kier molecular flexibility index (Phi) is 5.09. The van der Waals surface area contributed by atoms with Gasteiger partial charge in [-0.1, -0.05) is 0 Å². The Hall–Kier alpha value is -3.94. The first kappa shape index (κ1) is 22.8. The normalized spacial score (nSPS) is 17.1.